The standard InChI is InChI=1S/C19H27ClN2O6S2/c1-2-3-7-22(15-6-12-29(24,25)14-15)19(23)17-13-16(4-5-18(17)20)30(26,27)21-8-10-28-11-9-21/h4-5,13,15H,2-3,6-12,14H2,1H3. The molecular weight excluding hydrogens is 452 g/mol. The van der Waals surface area contributed by atoms with E-state index in [9.17, 15) is 21.6 Å². The van der Waals surface area contributed by atoms with Crippen LogP contribution in [0.1, 0.15) is 36.5 Å². The summed E-state index contributed by atoms with van der Waals surface area (Å²) in [5.74, 6) is -0.465. The number of hydrogen-bond donors (Lipinski definition) is 0. The minimum absolute atomic E-state index is 0.00775. The van der Waals surface area contributed by atoms with Gasteiger partial charge in [0.1, 0.15) is 0 Å². The molecule has 0 aliphatic carbocycles. The van der Waals surface area contributed by atoms with Crippen molar-refractivity contribution in [3.63, 3.8) is 0 Å². The van der Waals surface area contributed by atoms with Crippen LogP contribution in [0.3, 0.4) is 0 Å². The van der Waals surface area contributed by atoms with Gasteiger partial charge in [-0.2, -0.15) is 4.31 Å². The van der Waals surface area contributed by atoms with Crippen molar-refractivity contribution in [3.8, 4) is 0 Å². The van der Waals surface area contributed by atoms with Crippen molar-refractivity contribution in [3.05, 3.63) is 28.8 Å². The molecular formula is C19H27ClN2O6S2. The van der Waals surface area contributed by atoms with Crippen LogP contribution in [-0.2, 0) is 24.6 Å². The summed E-state index contributed by atoms with van der Waals surface area (Å²) in [7, 11) is -6.97. The third kappa shape index (κ3) is 5.16. The SMILES string of the molecule is CCCCN(C(=O)c1cc(S(=O)(=O)N2CCOCC2)ccc1Cl)C1CCS(=O)(=O)C1. The summed E-state index contributed by atoms with van der Waals surface area (Å²) >= 11 is 6.27. The second-order valence-corrected chi connectivity index (χ2v) is 12.1. The average molecular weight is 479 g/mol. The topological polar surface area (TPSA) is 101 Å². The molecule has 0 saturated carbocycles. The summed E-state index contributed by atoms with van der Waals surface area (Å²) in [5.41, 5.74) is 0.0754. The smallest absolute Gasteiger partial charge is 0.255 e. The van der Waals surface area contributed by atoms with E-state index < -0.39 is 31.8 Å². The van der Waals surface area contributed by atoms with Crippen LogP contribution in [0.2, 0.25) is 5.02 Å². The minimum Gasteiger partial charge on any atom is -0.379 e. The first-order chi connectivity index (χ1) is 14.2. The number of rotatable bonds is 7. The fraction of sp³-hybridized carbons (Fsp3) is 0.632. The fourth-order valence-electron chi connectivity index (χ4n) is 3.72. The Labute approximate surface area is 183 Å². The van der Waals surface area contributed by atoms with Crippen LogP contribution >= 0.6 is 11.6 Å². The molecule has 0 N–H and O–H groups in total. The van der Waals surface area contributed by atoms with E-state index in [1.54, 1.807) is 4.90 Å². The number of ether oxygens (including phenoxy) is 1. The van der Waals surface area contributed by atoms with E-state index in [0.717, 1.165) is 6.42 Å². The summed E-state index contributed by atoms with van der Waals surface area (Å²) in [4.78, 5) is 14.9. The Morgan fingerprint density at radius 2 is 2.00 bits per heavy atom. The number of morpholine rings is 1. The molecule has 0 radical (unpaired) electrons. The third-order valence-electron chi connectivity index (χ3n) is 5.44. The zero-order valence-corrected chi connectivity index (χ0v) is 19.3. The van der Waals surface area contributed by atoms with Crippen LogP contribution < -0.4 is 0 Å². The summed E-state index contributed by atoms with van der Waals surface area (Å²) < 4.78 is 56.4. The highest BCUT2D eigenvalue weighted by Crippen LogP contribution is 2.27. The highest BCUT2D eigenvalue weighted by Gasteiger charge is 2.36. The van der Waals surface area contributed by atoms with Crippen molar-refractivity contribution in [1.82, 2.24) is 9.21 Å². The van der Waals surface area contributed by atoms with Crippen molar-refractivity contribution >= 4 is 37.4 Å². The fourth-order valence-corrected chi connectivity index (χ4v) is 7.08. The Hall–Kier alpha value is -1.20. The number of halogens is 1. The highest BCUT2D eigenvalue weighted by molar-refractivity contribution is 7.91. The van der Waals surface area contributed by atoms with Crippen molar-refractivity contribution in [2.45, 2.75) is 37.1 Å². The normalized spacial score (nSPS) is 22.1. The van der Waals surface area contributed by atoms with E-state index in [0.29, 0.717) is 32.6 Å². The summed E-state index contributed by atoms with van der Waals surface area (Å²) in [6, 6.07) is 3.67. The molecule has 8 nitrogen and oxygen atoms in total. The maximum Gasteiger partial charge on any atom is 0.255 e. The molecule has 1 atom stereocenters. The first kappa shape index (κ1) is 23.5. The van der Waals surface area contributed by atoms with Crippen molar-refractivity contribution in [2.75, 3.05) is 44.4 Å². The van der Waals surface area contributed by atoms with Crippen LogP contribution in [0.25, 0.3) is 0 Å². The molecule has 0 bridgehead atoms. The van der Waals surface area contributed by atoms with Gasteiger partial charge in [-0.15, -0.1) is 0 Å². The summed E-state index contributed by atoms with van der Waals surface area (Å²) in [6.07, 6.45) is 1.93. The Morgan fingerprint density at radius 1 is 1.30 bits per heavy atom. The summed E-state index contributed by atoms with van der Waals surface area (Å²) in [6.45, 7) is 3.51. The highest BCUT2D eigenvalue weighted by atomic mass is 35.5. The Balaban J connectivity index is 1.92. The van der Waals surface area contributed by atoms with Gasteiger partial charge in [-0.1, -0.05) is 24.9 Å². The van der Waals surface area contributed by atoms with E-state index in [-0.39, 0.29) is 40.1 Å². The molecule has 1 unspecified atom stereocenters. The molecule has 3 rings (SSSR count). The van der Waals surface area contributed by atoms with Gasteiger partial charge in [0, 0.05) is 25.7 Å². The molecule has 2 saturated heterocycles. The van der Waals surface area contributed by atoms with Crippen LogP contribution in [0.15, 0.2) is 23.1 Å². The molecule has 168 valence electrons. The van der Waals surface area contributed by atoms with Crippen LogP contribution in [0.4, 0.5) is 0 Å². The molecule has 0 aromatic heterocycles. The molecule has 1 aromatic carbocycles. The zero-order chi connectivity index (χ0) is 21.9. The van der Waals surface area contributed by atoms with Gasteiger partial charge >= 0.3 is 0 Å². The second-order valence-electron chi connectivity index (χ2n) is 7.57. The molecule has 2 fully saturated rings. The number of carbonyl (C=O) groups is 1. The lowest BCUT2D eigenvalue weighted by Crippen LogP contribution is -2.42. The number of unbranched alkanes of at least 4 members (excludes halogenated alkanes) is 1. The van der Waals surface area contributed by atoms with Gasteiger partial charge in [0.2, 0.25) is 10.0 Å². The predicted molar refractivity (Wildman–Crippen MR) is 114 cm³/mol. The van der Waals surface area contributed by atoms with E-state index in [2.05, 4.69) is 0 Å². The van der Waals surface area contributed by atoms with E-state index >= 15 is 0 Å². The minimum atomic E-state index is -3.79. The maximum absolute atomic E-state index is 13.3. The van der Waals surface area contributed by atoms with Crippen molar-refractivity contribution < 1.29 is 26.4 Å². The lowest BCUT2D eigenvalue weighted by atomic mass is 10.1. The maximum atomic E-state index is 13.3. The van der Waals surface area contributed by atoms with Gasteiger partial charge < -0.3 is 9.64 Å². The average Bonchev–Trinajstić information content (AvgIpc) is 3.08. The molecule has 11 heteroatoms. The number of carbonyl (C=O) groups excluding carboxylic acids is 1. The lowest BCUT2D eigenvalue weighted by Gasteiger charge is -2.29. The van der Waals surface area contributed by atoms with E-state index in [1.807, 2.05) is 6.92 Å². The first-order valence-corrected chi connectivity index (χ1v) is 13.7. The van der Waals surface area contributed by atoms with Crippen LogP contribution in [0.5, 0.6) is 0 Å². The summed E-state index contributed by atoms with van der Waals surface area (Å²) in [5, 5.41) is 0.142. The number of sulfonamides is 1. The van der Waals surface area contributed by atoms with Crippen molar-refractivity contribution in [1.29, 1.82) is 0 Å². The van der Waals surface area contributed by atoms with Gasteiger partial charge in [0.15, 0.2) is 9.84 Å². The van der Waals surface area contributed by atoms with E-state index in [1.165, 1.54) is 22.5 Å². The van der Waals surface area contributed by atoms with Gasteiger partial charge in [0.25, 0.3) is 5.91 Å². The van der Waals surface area contributed by atoms with Crippen LogP contribution in [0, 0.1) is 0 Å². The number of sulfone groups is 1. The number of nitrogens with zero attached hydrogens (tertiary/aromatic N) is 2. The largest absolute Gasteiger partial charge is 0.379 e. The Bertz CT molecular complexity index is 990. The van der Waals surface area contributed by atoms with Crippen LogP contribution in [-0.4, -0.2) is 82.3 Å². The third-order valence-corrected chi connectivity index (χ3v) is 9.41. The van der Waals surface area contributed by atoms with Gasteiger partial charge in [-0.25, -0.2) is 16.8 Å². The van der Waals surface area contributed by atoms with Gasteiger partial charge in [0.05, 0.1) is 40.2 Å². The lowest BCUT2D eigenvalue weighted by molar-refractivity contribution is 0.0693. The molecule has 2 heterocycles. The second kappa shape index (κ2) is 9.52. The monoisotopic (exact) mass is 478 g/mol. The Kier molecular flexibility index (Phi) is 7.44. The van der Waals surface area contributed by atoms with Gasteiger partial charge in [-0.05, 0) is 31.0 Å². The molecule has 0 spiro atoms. The molecule has 2 aliphatic heterocycles. The number of hydrogen-bond acceptors (Lipinski definition) is 6. The number of amides is 1. The molecule has 2 aliphatic rings. The predicted octanol–water partition coefficient (Wildman–Crippen LogP) is 1.79. The first-order valence-electron chi connectivity index (χ1n) is 10.0. The van der Waals surface area contributed by atoms with Gasteiger partial charge in [-0.3, -0.25) is 4.79 Å². The molecule has 1 amide bonds. The zero-order valence-electron chi connectivity index (χ0n) is 16.9. The number of benzene rings is 1. The van der Waals surface area contributed by atoms with E-state index in [4.69, 9.17) is 16.3 Å². The molecule has 30 heavy (non-hydrogen) atoms. The van der Waals surface area contributed by atoms with Crippen molar-refractivity contribution in [2.24, 2.45) is 0 Å². The Morgan fingerprint density at radius 3 is 2.60 bits per heavy atom. The molecule has 1 aromatic rings. The quantitative estimate of drug-likeness (QED) is 0.592.